The number of carbonyl (C=O) groups is 1. The van der Waals surface area contributed by atoms with Crippen molar-refractivity contribution in [2.45, 2.75) is 6.92 Å². The summed E-state index contributed by atoms with van der Waals surface area (Å²) in [5.74, 6) is 0.141. The second kappa shape index (κ2) is 7.96. The number of anilines is 1. The van der Waals surface area contributed by atoms with Crippen molar-refractivity contribution in [3.63, 3.8) is 0 Å². The summed E-state index contributed by atoms with van der Waals surface area (Å²) >= 11 is 3.44. The van der Waals surface area contributed by atoms with Gasteiger partial charge < -0.3 is 10.1 Å². The van der Waals surface area contributed by atoms with Gasteiger partial charge in [-0.1, -0.05) is 28.1 Å². The van der Waals surface area contributed by atoms with Gasteiger partial charge in [0.1, 0.15) is 17.3 Å². The molecule has 3 aromatic carbocycles. The van der Waals surface area contributed by atoms with Gasteiger partial charge in [0.25, 0.3) is 5.91 Å². The Bertz CT molecular complexity index is 1210. The molecular formula is C20H15BrFN5O2. The lowest BCUT2D eigenvalue weighted by Crippen LogP contribution is -2.20. The Morgan fingerprint density at radius 2 is 1.93 bits per heavy atom. The summed E-state index contributed by atoms with van der Waals surface area (Å²) in [6.45, 7) is 1.47. The predicted molar refractivity (Wildman–Crippen MR) is 110 cm³/mol. The number of ether oxygens (including phenoxy) is 1. The summed E-state index contributed by atoms with van der Waals surface area (Å²) in [4.78, 5) is 12.3. The molecule has 1 amide bonds. The van der Waals surface area contributed by atoms with Crippen molar-refractivity contribution < 1.29 is 13.9 Å². The minimum Gasteiger partial charge on any atom is -0.484 e. The van der Waals surface area contributed by atoms with Gasteiger partial charge in [-0.15, -0.1) is 5.10 Å². The first kappa shape index (κ1) is 19.0. The molecule has 0 radical (unpaired) electrons. The average molecular weight is 456 g/mol. The van der Waals surface area contributed by atoms with Crippen LogP contribution in [0.2, 0.25) is 0 Å². The van der Waals surface area contributed by atoms with E-state index in [4.69, 9.17) is 4.74 Å². The SMILES string of the molecule is Cc1nnnn1-c1cc(NC(=O)COc2ccc3cc(Br)ccc3c2)ccc1F. The van der Waals surface area contributed by atoms with Crippen LogP contribution >= 0.6 is 15.9 Å². The van der Waals surface area contributed by atoms with E-state index in [2.05, 4.69) is 36.8 Å². The predicted octanol–water partition coefficient (Wildman–Crippen LogP) is 4.04. The summed E-state index contributed by atoms with van der Waals surface area (Å²) in [6, 6.07) is 15.7. The topological polar surface area (TPSA) is 81.9 Å². The van der Waals surface area contributed by atoms with Crippen LogP contribution in [0, 0.1) is 12.7 Å². The monoisotopic (exact) mass is 455 g/mol. The number of tetrazole rings is 1. The minimum absolute atomic E-state index is 0.145. The molecule has 0 saturated carbocycles. The van der Waals surface area contributed by atoms with Crippen molar-refractivity contribution in [1.29, 1.82) is 0 Å². The van der Waals surface area contributed by atoms with E-state index < -0.39 is 5.82 Å². The van der Waals surface area contributed by atoms with E-state index in [1.807, 2.05) is 30.3 Å². The molecule has 0 saturated heterocycles. The first-order chi connectivity index (χ1) is 14.0. The van der Waals surface area contributed by atoms with Crippen molar-refractivity contribution in [1.82, 2.24) is 20.2 Å². The molecule has 1 N–H and O–H groups in total. The number of aryl methyl sites for hydroxylation is 1. The fourth-order valence-corrected chi connectivity index (χ4v) is 3.22. The number of hydrogen-bond acceptors (Lipinski definition) is 5. The van der Waals surface area contributed by atoms with Gasteiger partial charge >= 0.3 is 0 Å². The van der Waals surface area contributed by atoms with Crippen molar-refractivity contribution in [2.75, 3.05) is 11.9 Å². The third kappa shape index (κ3) is 4.24. The maximum atomic E-state index is 14.1. The lowest BCUT2D eigenvalue weighted by Gasteiger charge is -2.10. The van der Waals surface area contributed by atoms with Crippen molar-refractivity contribution in [3.8, 4) is 11.4 Å². The molecule has 0 aliphatic carbocycles. The van der Waals surface area contributed by atoms with E-state index in [0.29, 0.717) is 17.3 Å². The van der Waals surface area contributed by atoms with Gasteiger partial charge in [-0.2, -0.15) is 4.68 Å². The average Bonchev–Trinajstić information content (AvgIpc) is 3.13. The minimum atomic E-state index is -0.502. The van der Waals surface area contributed by atoms with Crippen molar-refractivity contribution in [3.05, 3.63) is 70.7 Å². The molecule has 0 bridgehead atoms. The zero-order valence-corrected chi connectivity index (χ0v) is 16.9. The van der Waals surface area contributed by atoms with Gasteiger partial charge in [-0.3, -0.25) is 4.79 Å². The molecule has 0 aliphatic heterocycles. The molecular weight excluding hydrogens is 441 g/mol. The molecule has 1 heterocycles. The maximum Gasteiger partial charge on any atom is 0.262 e. The first-order valence-electron chi connectivity index (χ1n) is 8.66. The van der Waals surface area contributed by atoms with Gasteiger partial charge in [0.15, 0.2) is 12.4 Å². The van der Waals surface area contributed by atoms with E-state index in [-0.39, 0.29) is 18.2 Å². The van der Waals surface area contributed by atoms with E-state index in [1.165, 1.54) is 22.9 Å². The zero-order chi connectivity index (χ0) is 20.4. The summed E-state index contributed by atoms with van der Waals surface area (Å²) in [7, 11) is 0. The highest BCUT2D eigenvalue weighted by Crippen LogP contribution is 2.24. The number of rotatable bonds is 5. The van der Waals surface area contributed by atoms with Gasteiger partial charge in [0.2, 0.25) is 0 Å². The number of benzene rings is 3. The lowest BCUT2D eigenvalue weighted by atomic mass is 10.1. The quantitative estimate of drug-likeness (QED) is 0.490. The number of amides is 1. The lowest BCUT2D eigenvalue weighted by molar-refractivity contribution is -0.118. The van der Waals surface area contributed by atoms with Gasteiger partial charge in [-0.05, 0) is 70.6 Å². The molecule has 0 atom stereocenters. The van der Waals surface area contributed by atoms with Crippen LogP contribution in [0.1, 0.15) is 5.82 Å². The number of nitrogens with zero attached hydrogens (tertiary/aromatic N) is 4. The number of halogens is 2. The number of nitrogens with one attached hydrogen (secondary N) is 1. The van der Waals surface area contributed by atoms with Crippen LogP contribution in [0.4, 0.5) is 10.1 Å². The standard InChI is InChI=1S/C20H15BrFN5O2/c1-12-24-25-26-27(12)19-10-16(5-7-18(19)22)23-20(28)11-29-17-6-3-13-8-15(21)4-2-14(13)9-17/h2-10H,11H2,1H3,(H,23,28). The summed E-state index contributed by atoms with van der Waals surface area (Å²) in [6.07, 6.45) is 0. The number of carbonyl (C=O) groups excluding carboxylic acids is 1. The molecule has 0 aliphatic rings. The number of aromatic nitrogens is 4. The normalized spacial score (nSPS) is 10.9. The maximum absolute atomic E-state index is 14.1. The molecule has 0 spiro atoms. The Morgan fingerprint density at radius 3 is 2.72 bits per heavy atom. The van der Waals surface area contributed by atoms with Crippen LogP contribution < -0.4 is 10.1 Å². The molecule has 0 fully saturated rings. The molecule has 146 valence electrons. The van der Waals surface area contributed by atoms with E-state index >= 15 is 0 Å². The van der Waals surface area contributed by atoms with Gasteiger partial charge in [0.05, 0.1) is 0 Å². The van der Waals surface area contributed by atoms with E-state index in [0.717, 1.165) is 15.2 Å². The van der Waals surface area contributed by atoms with Crippen LogP contribution in [-0.2, 0) is 4.79 Å². The Hall–Kier alpha value is -3.33. The Morgan fingerprint density at radius 1 is 1.14 bits per heavy atom. The summed E-state index contributed by atoms with van der Waals surface area (Å²) in [5.41, 5.74) is 0.556. The highest BCUT2D eigenvalue weighted by molar-refractivity contribution is 9.10. The van der Waals surface area contributed by atoms with Crippen LogP contribution in [0.25, 0.3) is 16.5 Å². The van der Waals surface area contributed by atoms with E-state index in [9.17, 15) is 9.18 Å². The Balaban J connectivity index is 1.44. The molecule has 1 aromatic heterocycles. The summed E-state index contributed by atoms with van der Waals surface area (Å²) in [5, 5.41) is 15.7. The third-order valence-electron chi connectivity index (χ3n) is 4.23. The Labute approximate surface area is 173 Å². The highest BCUT2D eigenvalue weighted by atomic mass is 79.9. The molecule has 4 rings (SSSR count). The zero-order valence-electron chi connectivity index (χ0n) is 15.3. The fourth-order valence-electron chi connectivity index (χ4n) is 2.84. The second-order valence-electron chi connectivity index (χ2n) is 6.29. The highest BCUT2D eigenvalue weighted by Gasteiger charge is 2.12. The Kier molecular flexibility index (Phi) is 5.22. The van der Waals surface area contributed by atoms with Gasteiger partial charge in [0, 0.05) is 10.2 Å². The number of fused-ring (bicyclic) bond motifs is 1. The molecule has 7 nitrogen and oxygen atoms in total. The van der Waals surface area contributed by atoms with Crippen LogP contribution in [0.5, 0.6) is 5.75 Å². The molecule has 29 heavy (non-hydrogen) atoms. The fraction of sp³-hybridized carbons (Fsp3) is 0.100. The molecule has 4 aromatic rings. The second-order valence-corrected chi connectivity index (χ2v) is 7.21. The smallest absolute Gasteiger partial charge is 0.262 e. The van der Waals surface area contributed by atoms with E-state index in [1.54, 1.807) is 13.0 Å². The third-order valence-corrected chi connectivity index (χ3v) is 4.72. The number of hydrogen-bond donors (Lipinski definition) is 1. The molecule has 9 heteroatoms. The summed E-state index contributed by atoms with van der Waals surface area (Å²) < 4.78 is 22.0. The largest absolute Gasteiger partial charge is 0.484 e. The van der Waals surface area contributed by atoms with Crippen LogP contribution in [0.3, 0.4) is 0 Å². The van der Waals surface area contributed by atoms with Crippen molar-refractivity contribution in [2.24, 2.45) is 0 Å². The molecule has 0 unspecified atom stereocenters. The van der Waals surface area contributed by atoms with Crippen LogP contribution in [0.15, 0.2) is 59.1 Å². The first-order valence-corrected chi connectivity index (χ1v) is 9.46. The van der Waals surface area contributed by atoms with Crippen LogP contribution in [-0.4, -0.2) is 32.7 Å². The van der Waals surface area contributed by atoms with Crippen molar-refractivity contribution >= 4 is 38.3 Å². The van der Waals surface area contributed by atoms with Gasteiger partial charge in [-0.25, -0.2) is 4.39 Å².